The molecule has 1 aliphatic rings. The van der Waals surface area contributed by atoms with Crippen molar-refractivity contribution >= 4 is 5.91 Å². The van der Waals surface area contributed by atoms with Crippen LogP contribution < -0.4 is 0 Å². The van der Waals surface area contributed by atoms with Crippen LogP contribution in [0.4, 0.5) is 0 Å². The molecule has 1 unspecified atom stereocenters. The first kappa shape index (κ1) is 21.5. The number of likely N-dealkylation sites (tertiary alicyclic amines) is 1. The van der Waals surface area contributed by atoms with E-state index in [-0.39, 0.29) is 0 Å². The van der Waals surface area contributed by atoms with E-state index in [1.165, 1.54) is 89.9 Å². The van der Waals surface area contributed by atoms with Crippen molar-refractivity contribution in [2.24, 2.45) is 5.92 Å². The number of amides is 1. The third-order valence-corrected chi connectivity index (χ3v) is 5.60. The van der Waals surface area contributed by atoms with Gasteiger partial charge in [-0.3, -0.25) is 4.79 Å². The van der Waals surface area contributed by atoms with Crippen molar-refractivity contribution in [2.75, 3.05) is 13.1 Å². The van der Waals surface area contributed by atoms with E-state index < -0.39 is 0 Å². The van der Waals surface area contributed by atoms with Crippen molar-refractivity contribution < 1.29 is 4.79 Å². The molecule has 1 heterocycles. The molecular weight excluding hydrogens is 294 g/mol. The highest BCUT2D eigenvalue weighted by molar-refractivity contribution is 5.76. The van der Waals surface area contributed by atoms with Crippen LogP contribution in [0.5, 0.6) is 0 Å². The second-order valence-corrected chi connectivity index (χ2v) is 8.06. The predicted octanol–water partition coefficient (Wildman–Crippen LogP) is 6.73. The van der Waals surface area contributed by atoms with Gasteiger partial charge in [0, 0.05) is 19.5 Å². The first-order valence-electron chi connectivity index (χ1n) is 11.0. The van der Waals surface area contributed by atoms with Crippen molar-refractivity contribution in [1.82, 2.24) is 4.90 Å². The summed E-state index contributed by atoms with van der Waals surface area (Å²) in [4.78, 5) is 14.0. The highest BCUT2D eigenvalue weighted by Gasteiger charge is 2.16. The molecule has 0 aromatic heterocycles. The summed E-state index contributed by atoms with van der Waals surface area (Å²) in [6.07, 6.45) is 21.0. The van der Waals surface area contributed by atoms with Gasteiger partial charge in [0.15, 0.2) is 0 Å². The van der Waals surface area contributed by atoms with Gasteiger partial charge in [0.1, 0.15) is 0 Å². The Balaban J connectivity index is 1.80. The number of carbonyl (C=O) groups is 1. The van der Waals surface area contributed by atoms with Crippen LogP contribution in [0.15, 0.2) is 0 Å². The Morgan fingerprint density at radius 1 is 0.792 bits per heavy atom. The van der Waals surface area contributed by atoms with Gasteiger partial charge in [-0.1, -0.05) is 90.9 Å². The molecule has 2 heteroatoms. The number of unbranched alkanes of at least 4 members (excludes halogenated alkanes) is 9. The third kappa shape index (κ3) is 11.1. The van der Waals surface area contributed by atoms with Crippen LogP contribution in [-0.4, -0.2) is 23.9 Å². The van der Waals surface area contributed by atoms with Gasteiger partial charge in [-0.2, -0.15) is 0 Å². The summed E-state index contributed by atoms with van der Waals surface area (Å²) in [5.41, 5.74) is 0. The minimum Gasteiger partial charge on any atom is -0.343 e. The van der Waals surface area contributed by atoms with E-state index in [1.54, 1.807) is 0 Å². The van der Waals surface area contributed by atoms with Crippen LogP contribution in [0.25, 0.3) is 0 Å². The quantitative estimate of drug-likeness (QED) is 0.303. The van der Waals surface area contributed by atoms with E-state index in [4.69, 9.17) is 0 Å². The molecule has 0 saturated carbocycles. The fraction of sp³-hybridized carbons (Fsp3) is 0.955. The van der Waals surface area contributed by atoms with Crippen LogP contribution in [-0.2, 0) is 4.79 Å². The number of hydrogen-bond donors (Lipinski definition) is 0. The normalized spacial score (nSPS) is 15.8. The van der Waals surface area contributed by atoms with Gasteiger partial charge in [0.05, 0.1) is 0 Å². The Morgan fingerprint density at radius 3 is 1.88 bits per heavy atom. The van der Waals surface area contributed by atoms with Gasteiger partial charge in [-0.15, -0.1) is 0 Å². The Morgan fingerprint density at radius 2 is 1.29 bits per heavy atom. The Kier molecular flexibility index (Phi) is 13.3. The molecular formula is C22H43NO. The molecule has 142 valence electrons. The standard InChI is InChI=1S/C22H43NO/c1-3-4-5-8-11-16-21(2)17-12-9-6-7-10-13-18-22(24)23-19-14-15-20-23/h21H,3-20H2,1-2H3. The highest BCUT2D eigenvalue weighted by atomic mass is 16.2. The van der Waals surface area contributed by atoms with Gasteiger partial charge in [0.2, 0.25) is 5.91 Å². The lowest BCUT2D eigenvalue weighted by Gasteiger charge is -2.14. The minimum atomic E-state index is 0.403. The van der Waals surface area contributed by atoms with Gasteiger partial charge in [0.25, 0.3) is 0 Å². The topological polar surface area (TPSA) is 20.3 Å². The summed E-state index contributed by atoms with van der Waals surface area (Å²) in [5.74, 6) is 1.32. The summed E-state index contributed by atoms with van der Waals surface area (Å²) in [5, 5.41) is 0. The number of nitrogens with zero attached hydrogens (tertiary/aromatic N) is 1. The second-order valence-electron chi connectivity index (χ2n) is 8.06. The molecule has 0 aliphatic carbocycles. The fourth-order valence-electron chi connectivity index (χ4n) is 3.84. The lowest BCUT2D eigenvalue weighted by molar-refractivity contribution is -0.130. The average molecular weight is 338 g/mol. The largest absolute Gasteiger partial charge is 0.343 e. The summed E-state index contributed by atoms with van der Waals surface area (Å²) in [6.45, 7) is 6.74. The van der Waals surface area contributed by atoms with Gasteiger partial charge in [-0.25, -0.2) is 0 Å². The van der Waals surface area contributed by atoms with Crippen LogP contribution in [0.2, 0.25) is 0 Å². The summed E-state index contributed by atoms with van der Waals surface area (Å²) in [6, 6.07) is 0. The Labute approximate surface area is 151 Å². The van der Waals surface area contributed by atoms with Crippen LogP contribution in [0.1, 0.15) is 117 Å². The molecule has 1 atom stereocenters. The van der Waals surface area contributed by atoms with E-state index in [0.717, 1.165) is 31.8 Å². The summed E-state index contributed by atoms with van der Waals surface area (Å²) >= 11 is 0. The molecule has 24 heavy (non-hydrogen) atoms. The van der Waals surface area contributed by atoms with Crippen LogP contribution in [0, 0.1) is 5.92 Å². The Bertz CT molecular complexity index is 296. The maximum Gasteiger partial charge on any atom is 0.222 e. The Hall–Kier alpha value is -0.530. The van der Waals surface area contributed by atoms with Crippen molar-refractivity contribution in [3.8, 4) is 0 Å². The molecule has 1 aliphatic heterocycles. The lowest BCUT2D eigenvalue weighted by Crippen LogP contribution is -2.27. The number of rotatable bonds is 15. The molecule has 0 bridgehead atoms. The third-order valence-electron chi connectivity index (χ3n) is 5.60. The fourth-order valence-corrected chi connectivity index (χ4v) is 3.84. The van der Waals surface area contributed by atoms with E-state index in [1.807, 2.05) is 0 Å². The zero-order chi connectivity index (χ0) is 17.5. The lowest BCUT2D eigenvalue weighted by atomic mass is 9.96. The monoisotopic (exact) mass is 337 g/mol. The predicted molar refractivity (Wildman–Crippen MR) is 105 cm³/mol. The van der Waals surface area contributed by atoms with E-state index in [0.29, 0.717) is 5.91 Å². The summed E-state index contributed by atoms with van der Waals surface area (Å²) < 4.78 is 0. The van der Waals surface area contributed by atoms with Gasteiger partial charge in [-0.05, 0) is 25.2 Å². The van der Waals surface area contributed by atoms with Crippen molar-refractivity contribution in [2.45, 2.75) is 117 Å². The summed E-state index contributed by atoms with van der Waals surface area (Å²) in [7, 11) is 0. The molecule has 1 saturated heterocycles. The number of carbonyl (C=O) groups excluding carboxylic acids is 1. The molecule has 0 aromatic rings. The van der Waals surface area contributed by atoms with Crippen LogP contribution in [0.3, 0.4) is 0 Å². The maximum atomic E-state index is 11.9. The smallest absolute Gasteiger partial charge is 0.222 e. The number of hydrogen-bond acceptors (Lipinski definition) is 1. The highest BCUT2D eigenvalue weighted by Crippen LogP contribution is 2.18. The molecule has 1 fully saturated rings. The molecule has 0 spiro atoms. The van der Waals surface area contributed by atoms with Crippen LogP contribution >= 0.6 is 0 Å². The van der Waals surface area contributed by atoms with E-state index in [9.17, 15) is 4.79 Å². The zero-order valence-electron chi connectivity index (χ0n) is 16.7. The second kappa shape index (κ2) is 14.8. The molecule has 0 N–H and O–H groups in total. The first-order chi connectivity index (χ1) is 11.7. The van der Waals surface area contributed by atoms with E-state index >= 15 is 0 Å². The molecule has 1 rings (SSSR count). The van der Waals surface area contributed by atoms with Crippen molar-refractivity contribution in [1.29, 1.82) is 0 Å². The van der Waals surface area contributed by atoms with Crippen molar-refractivity contribution in [3.63, 3.8) is 0 Å². The molecule has 1 amide bonds. The average Bonchev–Trinajstić information content (AvgIpc) is 3.11. The van der Waals surface area contributed by atoms with Gasteiger partial charge < -0.3 is 4.90 Å². The SMILES string of the molecule is CCCCCCCC(C)CCCCCCCCC(=O)N1CCCC1. The van der Waals surface area contributed by atoms with Crippen molar-refractivity contribution in [3.05, 3.63) is 0 Å². The van der Waals surface area contributed by atoms with Gasteiger partial charge >= 0.3 is 0 Å². The minimum absolute atomic E-state index is 0.403. The van der Waals surface area contributed by atoms with E-state index in [2.05, 4.69) is 18.7 Å². The molecule has 0 radical (unpaired) electrons. The first-order valence-corrected chi connectivity index (χ1v) is 11.0. The zero-order valence-corrected chi connectivity index (χ0v) is 16.7. The molecule has 2 nitrogen and oxygen atoms in total. The maximum absolute atomic E-state index is 11.9. The molecule has 0 aromatic carbocycles.